The van der Waals surface area contributed by atoms with Crippen molar-refractivity contribution in [3.63, 3.8) is 0 Å². The molecule has 12 heavy (non-hydrogen) atoms. The van der Waals surface area contributed by atoms with Crippen molar-refractivity contribution in [2.24, 2.45) is 0 Å². The van der Waals surface area contributed by atoms with E-state index in [1.54, 1.807) is 16.8 Å². The van der Waals surface area contributed by atoms with Crippen molar-refractivity contribution >= 4 is 5.69 Å². The number of rotatable bonds is 0. The van der Waals surface area contributed by atoms with Crippen molar-refractivity contribution in [3.05, 3.63) is 29.3 Å². The molecule has 0 fully saturated rings. The van der Waals surface area contributed by atoms with Gasteiger partial charge in [0, 0.05) is 18.8 Å². The molecule has 1 aromatic rings. The minimum atomic E-state index is 1.26. The Morgan fingerprint density at radius 3 is 2.75 bits per heavy atom. The molecule has 0 aromatic heterocycles. The van der Waals surface area contributed by atoms with Crippen LogP contribution in [0, 0.1) is 0 Å². The maximum Gasteiger partial charge on any atom is 0.0432 e. The van der Waals surface area contributed by atoms with E-state index >= 15 is 0 Å². The van der Waals surface area contributed by atoms with Gasteiger partial charge in [-0.1, -0.05) is 18.2 Å². The van der Waals surface area contributed by atoms with E-state index in [9.17, 15) is 0 Å². The molecule has 0 bridgehead atoms. The summed E-state index contributed by atoms with van der Waals surface area (Å²) in [5.41, 5.74) is 4.73. The average Bonchev–Trinajstić information content (AvgIpc) is 2.52. The van der Waals surface area contributed by atoms with E-state index in [1.807, 2.05) is 0 Å². The summed E-state index contributed by atoms with van der Waals surface area (Å²) in [5, 5.41) is 0. The molecule has 2 aliphatic rings. The lowest BCUT2D eigenvalue weighted by molar-refractivity contribution is 0.719. The molecule has 1 heteroatoms. The number of para-hydroxylation sites is 1. The highest BCUT2D eigenvalue weighted by atomic mass is 15.2. The molecule has 0 radical (unpaired) electrons. The highest BCUT2D eigenvalue weighted by Gasteiger charge is 2.24. The van der Waals surface area contributed by atoms with Crippen molar-refractivity contribution < 1.29 is 0 Å². The maximum atomic E-state index is 2.55. The smallest absolute Gasteiger partial charge is 0.0432 e. The second-order valence-electron chi connectivity index (χ2n) is 3.77. The van der Waals surface area contributed by atoms with Gasteiger partial charge in [0.15, 0.2) is 0 Å². The van der Waals surface area contributed by atoms with Crippen LogP contribution in [0.4, 0.5) is 5.69 Å². The third-order valence-electron chi connectivity index (χ3n) is 3.04. The molecule has 1 nitrogen and oxygen atoms in total. The third kappa shape index (κ3) is 0.739. The van der Waals surface area contributed by atoms with Crippen LogP contribution in [0.25, 0.3) is 0 Å². The van der Waals surface area contributed by atoms with Crippen LogP contribution in [0.5, 0.6) is 0 Å². The van der Waals surface area contributed by atoms with Gasteiger partial charge in [0.2, 0.25) is 0 Å². The van der Waals surface area contributed by atoms with Crippen molar-refractivity contribution in [2.75, 3.05) is 18.0 Å². The van der Waals surface area contributed by atoms with Gasteiger partial charge >= 0.3 is 0 Å². The normalized spacial score (nSPS) is 19.5. The Kier molecular flexibility index (Phi) is 1.23. The minimum absolute atomic E-state index is 1.26. The third-order valence-corrected chi connectivity index (χ3v) is 3.04. The lowest BCUT2D eigenvalue weighted by atomic mass is 10.0. The lowest BCUT2D eigenvalue weighted by Gasteiger charge is -2.26. The predicted octanol–water partition coefficient (Wildman–Crippen LogP) is 2.00. The summed E-state index contributed by atoms with van der Waals surface area (Å²) in [6.07, 6.45) is 3.90. The van der Waals surface area contributed by atoms with Gasteiger partial charge in [-0.3, -0.25) is 0 Å². The van der Waals surface area contributed by atoms with E-state index in [1.165, 1.54) is 32.4 Å². The molecular weight excluding hydrogens is 146 g/mol. The summed E-state index contributed by atoms with van der Waals surface area (Å²) in [4.78, 5) is 2.55. The number of hydrogen-bond donors (Lipinski definition) is 0. The van der Waals surface area contributed by atoms with Crippen LogP contribution in [0.1, 0.15) is 17.5 Å². The van der Waals surface area contributed by atoms with Crippen LogP contribution in [-0.4, -0.2) is 13.1 Å². The number of aryl methyl sites for hydroxylation is 1. The molecule has 2 aliphatic heterocycles. The van der Waals surface area contributed by atoms with E-state index in [0.717, 1.165) is 0 Å². The Morgan fingerprint density at radius 1 is 1.00 bits per heavy atom. The molecule has 2 heterocycles. The molecule has 3 rings (SSSR count). The van der Waals surface area contributed by atoms with E-state index in [2.05, 4.69) is 23.1 Å². The number of anilines is 1. The van der Waals surface area contributed by atoms with Gasteiger partial charge in [-0.05, 0) is 30.4 Å². The van der Waals surface area contributed by atoms with Crippen LogP contribution in [0.3, 0.4) is 0 Å². The average molecular weight is 159 g/mol. The molecule has 0 saturated heterocycles. The molecular formula is C11H13N. The van der Waals surface area contributed by atoms with Crippen LogP contribution >= 0.6 is 0 Å². The van der Waals surface area contributed by atoms with Gasteiger partial charge in [0.25, 0.3) is 0 Å². The van der Waals surface area contributed by atoms with Gasteiger partial charge in [-0.2, -0.15) is 0 Å². The van der Waals surface area contributed by atoms with E-state index in [0.29, 0.717) is 0 Å². The van der Waals surface area contributed by atoms with E-state index < -0.39 is 0 Å². The van der Waals surface area contributed by atoms with Gasteiger partial charge in [0.1, 0.15) is 0 Å². The molecule has 0 atom stereocenters. The molecule has 62 valence electrons. The highest BCUT2D eigenvalue weighted by Crippen LogP contribution is 2.35. The standard InChI is InChI=1S/C11H13N/c1-3-9-5-2-7-12-8-6-10(4-1)11(9)12/h1,3-4H,2,5-8H2. The summed E-state index contributed by atoms with van der Waals surface area (Å²) >= 11 is 0. The number of benzene rings is 1. The monoisotopic (exact) mass is 159 g/mol. The first-order valence-electron chi connectivity index (χ1n) is 4.81. The lowest BCUT2D eigenvalue weighted by Crippen LogP contribution is -2.26. The second-order valence-corrected chi connectivity index (χ2v) is 3.77. The molecule has 0 saturated carbocycles. The fraction of sp³-hybridized carbons (Fsp3) is 0.455. The summed E-state index contributed by atoms with van der Waals surface area (Å²) in [7, 11) is 0. The summed E-state index contributed by atoms with van der Waals surface area (Å²) in [5.74, 6) is 0. The first-order chi connectivity index (χ1) is 5.95. The van der Waals surface area contributed by atoms with Crippen LogP contribution in [0.2, 0.25) is 0 Å². The Morgan fingerprint density at radius 2 is 1.83 bits per heavy atom. The SMILES string of the molecule is c1cc2c3c(c1)CCN3CCC2. The number of hydrogen-bond acceptors (Lipinski definition) is 1. The minimum Gasteiger partial charge on any atom is -0.371 e. The van der Waals surface area contributed by atoms with Crippen molar-refractivity contribution in [1.82, 2.24) is 0 Å². The molecule has 0 spiro atoms. The zero-order valence-electron chi connectivity index (χ0n) is 7.21. The van der Waals surface area contributed by atoms with Gasteiger partial charge < -0.3 is 4.90 Å². The molecule has 0 aliphatic carbocycles. The fourth-order valence-electron chi connectivity index (χ4n) is 2.51. The Hall–Kier alpha value is -0.980. The van der Waals surface area contributed by atoms with E-state index in [-0.39, 0.29) is 0 Å². The highest BCUT2D eigenvalue weighted by molar-refractivity contribution is 5.64. The van der Waals surface area contributed by atoms with Gasteiger partial charge in [0.05, 0.1) is 0 Å². The Balaban J connectivity index is 2.23. The first-order valence-corrected chi connectivity index (χ1v) is 4.81. The summed E-state index contributed by atoms with van der Waals surface area (Å²) < 4.78 is 0. The maximum absolute atomic E-state index is 2.55. The second kappa shape index (κ2) is 2.25. The first kappa shape index (κ1) is 6.53. The number of nitrogens with zero attached hydrogens (tertiary/aromatic N) is 1. The van der Waals surface area contributed by atoms with Gasteiger partial charge in [-0.15, -0.1) is 0 Å². The van der Waals surface area contributed by atoms with E-state index in [4.69, 9.17) is 0 Å². The van der Waals surface area contributed by atoms with Crippen molar-refractivity contribution in [1.29, 1.82) is 0 Å². The predicted molar refractivity (Wildman–Crippen MR) is 50.7 cm³/mol. The largest absolute Gasteiger partial charge is 0.371 e. The van der Waals surface area contributed by atoms with Crippen LogP contribution in [-0.2, 0) is 12.8 Å². The van der Waals surface area contributed by atoms with Crippen molar-refractivity contribution in [3.8, 4) is 0 Å². The zero-order chi connectivity index (χ0) is 7.97. The topological polar surface area (TPSA) is 3.24 Å². The molecule has 0 N–H and O–H groups in total. The molecule has 0 unspecified atom stereocenters. The summed E-state index contributed by atoms with van der Waals surface area (Å²) in [6.45, 7) is 2.54. The summed E-state index contributed by atoms with van der Waals surface area (Å²) in [6, 6.07) is 6.78. The molecule has 0 amide bonds. The van der Waals surface area contributed by atoms with Crippen LogP contribution < -0.4 is 4.90 Å². The zero-order valence-corrected chi connectivity index (χ0v) is 7.21. The van der Waals surface area contributed by atoms with Crippen molar-refractivity contribution in [2.45, 2.75) is 19.3 Å². The molecule has 1 aromatic carbocycles. The Labute approximate surface area is 73.0 Å². The van der Waals surface area contributed by atoms with Gasteiger partial charge in [-0.25, -0.2) is 0 Å². The quantitative estimate of drug-likeness (QED) is 0.559. The Bertz CT molecular complexity index is 317. The fourth-order valence-corrected chi connectivity index (χ4v) is 2.51. The van der Waals surface area contributed by atoms with Crippen LogP contribution in [0.15, 0.2) is 18.2 Å².